The fraction of sp³-hybridized carbons (Fsp3) is 0.615. The lowest BCUT2D eigenvalue weighted by atomic mass is 9.85. The maximum Gasteiger partial charge on any atom is 0.356 e. The van der Waals surface area contributed by atoms with Crippen LogP contribution in [-0.2, 0) is 11.3 Å². The number of nitrogens with one attached hydrogen (secondary N) is 1. The van der Waals surface area contributed by atoms with Crippen molar-refractivity contribution in [2.45, 2.75) is 39.8 Å². The van der Waals surface area contributed by atoms with Gasteiger partial charge in [-0.25, -0.2) is 9.78 Å². The Kier molecular flexibility index (Phi) is 5.26. The van der Waals surface area contributed by atoms with Crippen molar-refractivity contribution in [1.82, 2.24) is 14.9 Å². The number of carboxylic acids is 1. The molecule has 112 valence electrons. The zero-order valence-electron chi connectivity index (χ0n) is 12.1. The number of imidazole rings is 1. The molecule has 0 aliphatic heterocycles. The van der Waals surface area contributed by atoms with Gasteiger partial charge >= 0.3 is 5.97 Å². The number of aromatic carboxylic acids is 1. The number of nitrogens with two attached hydrogens (primary N) is 1. The normalized spacial score (nSPS) is 13.0. The van der Waals surface area contributed by atoms with Crippen LogP contribution in [0.1, 0.15) is 37.7 Å². The molecule has 1 amide bonds. The summed E-state index contributed by atoms with van der Waals surface area (Å²) in [7, 11) is 0. The molecule has 1 aromatic heterocycles. The van der Waals surface area contributed by atoms with Crippen molar-refractivity contribution in [3.8, 4) is 0 Å². The fourth-order valence-corrected chi connectivity index (χ4v) is 1.50. The number of carboxylic acid groups (broad SMARTS) is 1. The first-order valence-electron chi connectivity index (χ1n) is 6.47. The third kappa shape index (κ3) is 5.00. The Morgan fingerprint density at radius 3 is 2.65 bits per heavy atom. The second-order valence-corrected chi connectivity index (χ2v) is 5.83. The smallest absolute Gasteiger partial charge is 0.356 e. The minimum absolute atomic E-state index is 0.00826. The summed E-state index contributed by atoms with van der Waals surface area (Å²) in [6.45, 7) is 6.85. The third-order valence-corrected chi connectivity index (χ3v) is 3.06. The Labute approximate surface area is 118 Å². The van der Waals surface area contributed by atoms with Crippen LogP contribution in [0.4, 0.5) is 0 Å². The lowest BCUT2D eigenvalue weighted by Gasteiger charge is -2.26. The molecule has 0 fully saturated rings. The van der Waals surface area contributed by atoms with E-state index in [0.29, 0.717) is 13.1 Å². The monoisotopic (exact) mass is 282 g/mol. The van der Waals surface area contributed by atoms with Gasteiger partial charge in [0.1, 0.15) is 0 Å². The Morgan fingerprint density at radius 2 is 2.15 bits per heavy atom. The Hall–Kier alpha value is -1.89. The highest BCUT2D eigenvalue weighted by Crippen LogP contribution is 2.19. The van der Waals surface area contributed by atoms with E-state index in [1.54, 1.807) is 4.57 Å². The van der Waals surface area contributed by atoms with Crippen LogP contribution in [0.25, 0.3) is 0 Å². The first-order valence-corrected chi connectivity index (χ1v) is 6.47. The number of hydrogen-bond acceptors (Lipinski definition) is 4. The third-order valence-electron chi connectivity index (χ3n) is 3.06. The molecule has 0 bridgehead atoms. The zero-order chi connectivity index (χ0) is 15.3. The van der Waals surface area contributed by atoms with Crippen molar-refractivity contribution >= 4 is 11.9 Å². The molecule has 7 heteroatoms. The van der Waals surface area contributed by atoms with Gasteiger partial charge < -0.3 is 20.7 Å². The van der Waals surface area contributed by atoms with Gasteiger partial charge in [0.05, 0.1) is 6.33 Å². The average molecular weight is 282 g/mol. The first-order chi connectivity index (χ1) is 9.20. The van der Waals surface area contributed by atoms with Crippen molar-refractivity contribution in [2.24, 2.45) is 11.1 Å². The van der Waals surface area contributed by atoms with Crippen LogP contribution >= 0.6 is 0 Å². The van der Waals surface area contributed by atoms with Crippen molar-refractivity contribution in [2.75, 3.05) is 6.54 Å². The number of carbonyl (C=O) groups excluding carboxylic acids is 1. The molecule has 0 radical (unpaired) electrons. The van der Waals surface area contributed by atoms with E-state index >= 15 is 0 Å². The van der Waals surface area contributed by atoms with Crippen molar-refractivity contribution < 1.29 is 14.7 Å². The van der Waals surface area contributed by atoms with Crippen molar-refractivity contribution in [3.63, 3.8) is 0 Å². The molecule has 1 rings (SSSR count). The summed E-state index contributed by atoms with van der Waals surface area (Å²) < 4.78 is 1.62. The lowest BCUT2D eigenvalue weighted by Crippen LogP contribution is -2.40. The van der Waals surface area contributed by atoms with Crippen LogP contribution in [0.5, 0.6) is 0 Å². The molecule has 0 spiro atoms. The van der Waals surface area contributed by atoms with Gasteiger partial charge in [-0.05, 0) is 5.41 Å². The predicted molar refractivity (Wildman–Crippen MR) is 74.2 cm³/mol. The van der Waals surface area contributed by atoms with Gasteiger partial charge in [0.15, 0.2) is 5.69 Å². The Bertz CT molecular complexity index is 476. The van der Waals surface area contributed by atoms with Crippen LogP contribution in [0.2, 0.25) is 0 Å². The maximum absolute atomic E-state index is 11.7. The van der Waals surface area contributed by atoms with Crippen molar-refractivity contribution in [3.05, 3.63) is 18.2 Å². The summed E-state index contributed by atoms with van der Waals surface area (Å²) in [5.41, 5.74) is 5.81. The second-order valence-electron chi connectivity index (χ2n) is 5.83. The van der Waals surface area contributed by atoms with E-state index in [2.05, 4.69) is 10.3 Å². The van der Waals surface area contributed by atoms with Gasteiger partial charge in [-0.15, -0.1) is 0 Å². The van der Waals surface area contributed by atoms with E-state index < -0.39 is 5.97 Å². The molecule has 7 nitrogen and oxygen atoms in total. The molecule has 0 saturated heterocycles. The van der Waals surface area contributed by atoms with E-state index in [4.69, 9.17) is 10.8 Å². The number of rotatable bonds is 6. The van der Waals surface area contributed by atoms with Crippen molar-refractivity contribution in [1.29, 1.82) is 0 Å². The predicted octanol–water partition coefficient (Wildman–Crippen LogP) is 0.461. The summed E-state index contributed by atoms with van der Waals surface area (Å²) in [6.07, 6.45) is 3.12. The van der Waals surface area contributed by atoms with Gasteiger partial charge in [0.2, 0.25) is 5.91 Å². The highest BCUT2D eigenvalue weighted by atomic mass is 16.4. The average Bonchev–Trinajstić information content (AvgIpc) is 2.76. The lowest BCUT2D eigenvalue weighted by molar-refractivity contribution is -0.121. The largest absolute Gasteiger partial charge is 0.476 e. The Balaban J connectivity index is 2.33. The summed E-state index contributed by atoms with van der Waals surface area (Å²) in [6, 6.07) is -0.200. The molecule has 0 saturated carbocycles. The molecular weight excluding hydrogens is 260 g/mol. The fourth-order valence-electron chi connectivity index (χ4n) is 1.50. The number of carbonyl (C=O) groups is 2. The van der Waals surface area contributed by atoms with E-state index in [1.165, 1.54) is 12.5 Å². The van der Waals surface area contributed by atoms with Gasteiger partial charge in [-0.3, -0.25) is 4.79 Å². The van der Waals surface area contributed by atoms with Crippen LogP contribution in [0.15, 0.2) is 12.5 Å². The molecule has 0 aliphatic rings. The highest BCUT2D eigenvalue weighted by molar-refractivity contribution is 5.84. The molecule has 1 atom stereocenters. The molecule has 1 heterocycles. The van der Waals surface area contributed by atoms with E-state index in [1.807, 2.05) is 20.8 Å². The molecule has 4 N–H and O–H groups in total. The summed E-state index contributed by atoms with van der Waals surface area (Å²) in [4.78, 5) is 26.1. The summed E-state index contributed by atoms with van der Waals surface area (Å²) in [5.74, 6) is -1.17. The first kappa shape index (κ1) is 16.2. The maximum atomic E-state index is 11.7. The number of aromatic nitrogens is 2. The SMILES string of the molecule is CC(C)(C)C(N)CC(=O)NCCn1cnc(C(=O)O)c1. The summed E-state index contributed by atoms with van der Waals surface area (Å²) >= 11 is 0. The molecule has 0 aliphatic carbocycles. The van der Waals surface area contributed by atoms with Gasteiger partial charge in [0, 0.05) is 31.7 Å². The van der Waals surface area contributed by atoms with Gasteiger partial charge in [0.25, 0.3) is 0 Å². The van der Waals surface area contributed by atoms with Crippen LogP contribution in [0, 0.1) is 5.41 Å². The molecule has 20 heavy (non-hydrogen) atoms. The number of amides is 1. The number of nitrogens with zero attached hydrogens (tertiary/aromatic N) is 2. The van der Waals surface area contributed by atoms with Crippen LogP contribution in [0.3, 0.4) is 0 Å². The molecule has 1 aromatic rings. The van der Waals surface area contributed by atoms with E-state index in [-0.39, 0.29) is 29.5 Å². The van der Waals surface area contributed by atoms with Gasteiger partial charge in [-0.2, -0.15) is 0 Å². The zero-order valence-corrected chi connectivity index (χ0v) is 12.1. The highest BCUT2D eigenvalue weighted by Gasteiger charge is 2.22. The standard InChI is InChI=1S/C13H22N4O3/c1-13(2,3)10(14)6-11(18)15-4-5-17-7-9(12(19)20)16-8-17/h7-8,10H,4-6,14H2,1-3H3,(H,15,18)(H,19,20). The second kappa shape index (κ2) is 6.51. The minimum atomic E-state index is -1.07. The minimum Gasteiger partial charge on any atom is -0.476 e. The van der Waals surface area contributed by atoms with E-state index in [9.17, 15) is 9.59 Å². The van der Waals surface area contributed by atoms with E-state index in [0.717, 1.165) is 0 Å². The van der Waals surface area contributed by atoms with Crippen LogP contribution in [-0.4, -0.2) is 39.1 Å². The Morgan fingerprint density at radius 1 is 1.50 bits per heavy atom. The summed E-state index contributed by atoms with van der Waals surface area (Å²) in [5, 5.41) is 11.5. The topological polar surface area (TPSA) is 110 Å². The molecule has 0 aromatic carbocycles. The molecular formula is C13H22N4O3. The number of hydrogen-bond donors (Lipinski definition) is 3. The molecule has 1 unspecified atom stereocenters. The van der Waals surface area contributed by atoms with Gasteiger partial charge in [-0.1, -0.05) is 20.8 Å². The quantitative estimate of drug-likeness (QED) is 0.702. The van der Waals surface area contributed by atoms with Crippen LogP contribution < -0.4 is 11.1 Å².